The maximum Gasteiger partial charge on any atom is 0.338 e. The van der Waals surface area contributed by atoms with Gasteiger partial charge >= 0.3 is 5.97 Å². The first-order valence-corrected chi connectivity index (χ1v) is 8.22. The average molecular weight is 314 g/mol. The van der Waals surface area contributed by atoms with E-state index in [1.54, 1.807) is 12.4 Å². The number of fused-ring (bicyclic) bond motifs is 2. The van der Waals surface area contributed by atoms with E-state index in [-0.39, 0.29) is 23.6 Å². The number of benzene rings is 1. The number of carbonyl (C=O) groups is 1. The van der Waals surface area contributed by atoms with Crippen molar-refractivity contribution in [2.45, 2.75) is 38.9 Å². The zero-order valence-corrected chi connectivity index (χ0v) is 13.8. The van der Waals surface area contributed by atoms with E-state index >= 15 is 0 Å². The lowest BCUT2D eigenvalue weighted by molar-refractivity contribution is -0.243. The van der Waals surface area contributed by atoms with E-state index in [1.807, 2.05) is 23.7 Å². The van der Waals surface area contributed by atoms with Gasteiger partial charge in [-0.3, -0.25) is 0 Å². The van der Waals surface area contributed by atoms with Gasteiger partial charge in [-0.25, -0.2) is 9.78 Å². The number of ether oxygens (including phenoxy) is 2. The summed E-state index contributed by atoms with van der Waals surface area (Å²) in [6.45, 7) is 5.07. The molecule has 0 spiro atoms. The molecule has 4 rings (SSSR count). The smallest absolute Gasteiger partial charge is 0.338 e. The largest absolute Gasteiger partial charge is 0.458 e. The number of nitrogens with zero attached hydrogens (tertiary/aromatic N) is 2. The minimum atomic E-state index is -0.264. The quantitative estimate of drug-likeness (QED) is 0.800. The Morgan fingerprint density at radius 1 is 1.43 bits per heavy atom. The van der Waals surface area contributed by atoms with Gasteiger partial charge in [-0.1, -0.05) is 13.8 Å². The molecule has 2 fully saturated rings. The van der Waals surface area contributed by atoms with Gasteiger partial charge in [-0.15, -0.1) is 0 Å². The van der Waals surface area contributed by atoms with Crippen LogP contribution < -0.4 is 0 Å². The third kappa shape index (κ3) is 2.17. The minimum absolute atomic E-state index is 0.0697. The van der Waals surface area contributed by atoms with Gasteiger partial charge in [0.05, 0.1) is 29.0 Å². The van der Waals surface area contributed by atoms with Crippen molar-refractivity contribution >= 4 is 17.0 Å². The Balaban J connectivity index is 1.54. The van der Waals surface area contributed by atoms with Crippen LogP contribution >= 0.6 is 0 Å². The predicted octanol–water partition coefficient (Wildman–Crippen LogP) is 2.93. The Kier molecular flexibility index (Phi) is 3.23. The third-order valence-corrected chi connectivity index (χ3v) is 5.42. The van der Waals surface area contributed by atoms with Gasteiger partial charge in [0.25, 0.3) is 0 Å². The Hall–Kier alpha value is -1.88. The molecule has 0 amide bonds. The third-order valence-electron chi connectivity index (χ3n) is 5.42. The Bertz CT molecular complexity index is 765. The topological polar surface area (TPSA) is 53.4 Å². The van der Waals surface area contributed by atoms with Crippen LogP contribution in [-0.2, 0) is 16.5 Å². The summed E-state index contributed by atoms with van der Waals surface area (Å²) in [6.07, 6.45) is 4.02. The van der Waals surface area contributed by atoms with Crippen molar-refractivity contribution in [1.82, 2.24) is 9.55 Å². The number of hydrogen-bond acceptors (Lipinski definition) is 4. The van der Waals surface area contributed by atoms with Crippen LogP contribution in [0.3, 0.4) is 0 Å². The van der Waals surface area contributed by atoms with Gasteiger partial charge in [0.15, 0.2) is 0 Å². The van der Waals surface area contributed by atoms with Crippen molar-refractivity contribution in [3.05, 3.63) is 30.1 Å². The van der Waals surface area contributed by atoms with Crippen LogP contribution in [0.15, 0.2) is 24.5 Å². The first-order chi connectivity index (χ1) is 11.0. The van der Waals surface area contributed by atoms with E-state index in [0.717, 1.165) is 30.5 Å². The Labute approximate surface area is 135 Å². The number of aromatic nitrogens is 2. The SMILES string of the molecule is Cn1cnc2cc(C(=O)O[C@@H]3[C@H]4CCCO[C@@H]4C3(C)C)ccc21. The lowest BCUT2D eigenvalue weighted by Crippen LogP contribution is -2.65. The molecule has 2 aromatic rings. The summed E-state index contributed by atoms with van der Waals surface area (Å²) in [6, 6.07) is 5.53. The highest BCUT2D eigenvalue weighted by Crippen LogP contribution is 2.53. The number of imidazole rings is 1. The lowest BCUT2D eigenvalue weighted by Gasteiger charge is -2.58. The number of esters is 1. The second kappa shape index (κ2) is 5.06. The minimum Gasteiger partial charge on any atom is -0.458 e. The van der Waals surface area contributed by atoms with Crippen LogP contribution in [0, 0.1) is 11.3 Å². The summed E-state index contributed by atoms with van der Waals surface area (Å²) < 4.78 is 13.7. The highest BCUT2D eigenvalue weighted by atomic mass is 16.6. The highest BCUT2D eigenvalue weighted by molar-refractivity contribution is 5.93. The Morgan fingerprint density at radius 3 is 3.09 bits per heavy atom. The average Bonchev–Trinajstić information content (AvgIpc) is 2.93. The highest BCUT2D eigenvalue weighted by Gasteiger charge is 2.60. The molecule has 2 aliphatic rings. The zero-order valence-electron chi connectivity index (χ0n) is 13.8. The van der Waals surface area contributed by atoms with E-state index < -0.39 is 0 Å². The van der Waals surface area contributed by atoms with Crippen LogP contribution in [0.4, 0.5) is 0 Å². The van der Waals surface area contributed by atoms with Crippen molar-refractivity contribution < 1.29 is 14.3 Å². The second-order valence-electron chi connectivity index (χ2n) is 7.30. The van der Waals surface area contributed by atoms with Crippen LogP contribution in [0.2, 0.25) is 0 Å². The normalized spacial score (nSPS) is 28.9. The molecule has 0 radical (unpaired) electrons. The van der Waals surface area contributed by atoms with Crippen molar-refractivity contribution in [3.63, 3.8) is 0 Å². The molecule has 122 valence electrons. The molecule has 1 aromatic heterocycles. The maximum absolute atomic E-state index is 12.6. The molecule has 0 unspecified atom stereocenters. The number of hydrogen-bond donors (Lipinski definition) is 0. The van der Waals surface area contributed by atoms with E-state index in [9.17, 15) is 4.79 Å². The van der Waals surface area contributed by atoms with Crippen LogP contribution in [0.5, 0.6) is 0 Å². The van der Waals surface area contributed by atoms with Crippen molar-refractivity contribution in [1.29, 1.82) is 0 Å². The molecule has 1 saturated heterocycles. The van der Waals surface area contributed by atoms with Crippen LogP contribution in [0.25, 0.3) is 11.0 Å². The number of aryl methyl sites for hydroxylation is 1. The van der Waals surface area contributed by atoms with E-state index in [1.165, 1.54) is 0 Å². The summed E-state index contributed by atoms with van der Waals surface area (Å²) in [7, 11) is 1.94. The van der Waals surface area contributed by atoms with E-state index in [4.69, 9.17) is 9.47 Å². The summed E-state index contributed by atoms with van der Waals surface area (Å²) in [4.78, 5) is 16.9. The predicted molar refractivity (Wildman–Crippen MR) is 86.2 cm³/mol. The van der Waals surface area contributed by atoms with Crippen molar-refractivity contribution in [2.75, 3.05) is 6.61 Å². The Morgan fingerprint density at radius 2 is 2.26 bits per heavy atom. The van der Waals surface area contributed by atoms with Gasteiger partial charge in [-0.05, 0) is 31.0 Å². The molecule has 1 aliphatic heterocycles. The summed E-state index contributed by atoms with van der Waals surface area (Å²) >= 11 is 0. The van der Waals surface area contributed by atoms with Gasteiger partial charge < -0.3 is 14.0 Å². The molecule has 5 nitrogen and oxygen atoms in total. The molecule has 0 N–H and O–H groups in total. The second-order valence-corrected chi connectivity index (χ2v) is 7.30. The molecular formula is C18H22N2O3. The molecule has 2 heterocycles. The molecule has 1 aromatic carbocycles. The zero-order chi connectivity index (χ0) is 16.2. The molecule has 5 heteroatoms. The number of carbonyl (C=O) groups excluding carboxylic acids is 1. The molecule has 1 aliphatic carbocycles. The lowest BCUT2D eigenvalue weighted by atomic mass is 9.57. The first-order valence-electron chi connectivity index (χ1n) is 8.22. The summed E-state index contributed by atoms with van der Waals surface area (Å²) in [5, 5.41) is 0. The van der Waals surface area contributed by atoms with Gasteiger partial charge in [0.2, 0.25) is 0 Å². The fourth-order valence-corrected chi connectivity index (χ4v) is 4.16. The standard InChI is InChI=1S/C18H22N2O3/c1-18(2)15-12(5-4-8-22-15)16(18)23-17(21)11-6-7-14-13(9-11)19-10-20(14)3/h6-7,9-10,12,15-16H,4-5,8H2,1-3H3/t12-,15-,16+/m0/s1. The van der Waals surface area contributed by atoms with Crippen molar-refractivity contribution in [2.24, 2.45) is 18.4 Å². The monoisotopic (exact) mass is 314 g/mol. The van der Waals surface area contributed by atoms with Gasteiger partial charge in [0, 0.05) is 25.0 Å². The van der Waals surface area contributed by atoms with E-state index in [2.05, 4.69) is 18.8 Å². The maximum atomic E-state index is 12.6. The summed E-state index contributed by atoms with van der Waals surface area (Å²) in [5.74, 6) is 0.0703. The van der Waals surface area contributed by atoms with Gasteiger partial charge in [0.1, 0.15) is 6.10 Å². The summed E-state index contributed by atoms with van der Waals surface area (Å²) in [5.41, 5.74) is 2.27. The molecule has 23 heavy (non-hydrogen) atoms. The fourth-order valence-electron chi connectivity index (χ4n) is 4.16. The molecule has 0 bridgehead atoms. The van der Waals surface area contributed by atoms with Gasteiger partial charge in [-0.2, -0.15) is 0 Å². The molecular weight excluding hydrogens is 292 g/mol. The van der Waals surface area contributed by atoms with E-state index in [0.29, 0.717) is 11.5 Å². The molecule has 1 saturated carbocycles. The molecule has 3 atom stereocenters. The van der Waals surface area contributed by atoms with Crippen LogP contribution in [0.1, 0.15) is 37.0 Å². The fraction of sp³-hybridized carbons (Fsp3) is 0.556. The first kappa shape index (κ1) is 14.7. The van der Waals surface area contributed by atoms with Crippen LogP contribution in [-0.4, -0.2) is 34.3 Å². The van der Waals surface area contributed by atoms with Crippen molar-refractivity contribution in [3.8, 4) is 0 Å². The number of rotatable bonds is 2.